The van der Waals surface area contributed by atoms with E-state index < -0.39 is 17.9 Å². The van der Waals surface area contributed by atoms with Gasteiger partial charge in [0.2, 0.25) is 0 Å². The van der Waals surface area contributed by atoms with Crippen LogP contribution in [0.4, 0.5) is 0 Å². The zero-order chi connectivity index (χ0) is 18.7. The lowest BCUT2D eigenvalue weighted by Crippen LogP contribution is -2.47. The van der Waals surface area contributed by atoms with E-state index in [0.717, 1.165) is 11.8 Å². The Balaban J connectivity index is 2.42. The molecule has 1 fully saturated rings. The molecule has 25 heavy (non-hydrogen) atoms. The molecular formula is C17H19NO5S2. The molecular weight excluding hydrogens is 362 g/mol. The van der Waals surface area contributed by atoms with Crippen molar-refractivity contribution in [2.75, 3.05) is 14.2 Å². The van der Waals surface area contributed by atoms with Crippen LogP contribution in [0.2, 0.25) is 0 Å². The molecule has 1 heterocycles. The van der Waals surface area contributed by atoms with Gasteiger partial charge in [0.15, 0.2) is 0 Å². The molecule has 1 aliphatic heterocycles. The predicted octanol–water partition coefficient (Wildman–Crippen LogP) is 3.01. The number of hydrogen-bond acceptors (Lipinski definition) is 6. The predicted molar refractivity (Wildman–Crippen MR) is 101 cm³/mol. The Labute approximate surface area is 155 Å². The van der Waals surface area contributed by atoms with Gasteiger partial charge in [0.1, 0.15) is 21.9 Å². The summed E-state index contributed by atoms with van der Waals surface area (Å²) in [6, 6.07) is 4.23. The summed E-state index contributed by atoms with van der Waals surface area (Å²) in [7, 11) is 3.08. The zero-order valence-electron chi connectivity index (χ0n) is 14.3. The highest BCUT2D eigenvalue weighted by Gasteiger charge is 2.41. The summed E-state index contributed by atoms with van der Waals surface area (Å²) in [5, 5.41) is 9.45. The fourth-order valence-electron chi connectivity index (χ4n) is 2.51. The Kier molecular flexibility index (Phi) is 6.07. The quantitative estimate of drug-likeness (QED) is 0.599. The fraction of sp³-hybridized carbons (Fsp3) is 0.353. The van der Waals surface area contributed by atoms with Crippen molar-refractivity contribution in [2.24, 2.45) is 5.92 Å². The summed E-state index contributed by atoms with van der Waals surface area (Å²) < 4.78 is 10.7. The van der Waals surface area contributed by atoms with Gasteiger partial charge in [0.25, 0.3) is 5.91 Å². The number of aliphatic carboxylic acids is 1. The molecule has 0 unspecified atom stereocenters. The minimum absolute atomic E-state index is 0.235. The van der Waals surface area contributed by atoms with Crippen LogP contribution in [0.15, 0.2) is 23.1 Å². The van der Waals surface area contributed by atoms with Crippen LogP contribution in [0, 0.1) is 5.92 Å². The van der Waals surface area contributed by atoms with Gasteiger partial charge < -0.3 is 14.6 Å². The van der Waals surface area contributed by atoms with Crippen LogP contribution in [-0.2, 0) is 9.59 Å². The molecule has 1 saturated heterocycles. The molecule has 0 bridgehead atoms. The Morgan fingerprint density at radius 2 is 2.00 bits per heavy atom. The van der Waals surface area contributed by atoms with Crippen LogP contribution in [0.3, 0.4) is 0 Å². The van der Waals surface area contributed by atoms with Crippen LogP contribution in [-0.4, -0.2) is 46.5 Å². The Hall–Kier alpha value is -2.06. The molecule has 1 aromatic carbocycles. The third kappa shape index (κ3) is 3.96. The van der Waals surface area contributed by atoms with E-state index in [2.05, 4.69) is 0 Å². The first-order valence-electron chi connectivity index (χ1n) is 7.52. The molecule has 0 aliphatic carbocycles. The van der Waals surface area contributed by atoms with Gasteiger partial charge in [-0.15, -0.1) is 0 Å². The molecule has 134 valence electrons. The minimum atomic E-state index is -1.08. The first-order chi connectivity index (χ1) is 11.8. The molecule has 1 aliphatic rings. The highest BCUT2D eigenvalue weighted by atomic mass is 32.2. The van der Waals surface area contributed by atoms with Gasteiger partial charge in [-0.25, -0.2) is 4.79 Å². The normalized spacial score (nSPS) is 17.3. The maximum absolute atomic E-state index is 12.7. The first-order valence-corrected chi connectivity index (χ1v) is 8.74. The summed E-state index contributed by atoms with van der Waals surface area (Å²) in [5.41, 5.74) is 0.652. The molecule has 2 rings (SSSR count). The van der Waals surface area contributed by atoms with Gasteiger partial charge in [-0.05, 0) is 30.2 Å². The third-order valence-corrected chi connectivity index (χ3v) is 5.04. The van der Waals surface area contributed by atoms with Gasteiger partial charge in [-0.1, -0.05) is 37.8 Å². The smallest absolute Gasteiger partial charge is 0.327 e. The van der Waals surface area contributed by atoms with Gasteiger partial charge in [-0.3, -0.25) is 9.69 Å². The van der Waals surface area contributed by atoms with Gasteiger partial charge in [0.05, 0.1) is 19.1 Å². The van der Waals surface area contributed by atoms with Gasteiger partial charge in [-0.2, -0.15) is 0 Å². The topological polar surface area (TPSA) is 76.1 Å². The average Bonchev–Trinajstić information content (AvgIpc) is 2.82. The van der Waals surface area contributed by atoms with Crippen molar-refractivity contribution >= 4 is 46.3 Å². The summed E-state index contributed by atoms with van der Waals surface area (Å²) in [6.07, 6.45) is 1.64. The third-order valence-electron chi connectivity index (χ3n) is 3.71. The summed E-state index contributed by atoms with van der Waals surface area (Å²) >= 11 is 6.33. The van der Waals surface area contributed by atoms with Crippen LogP contribution < -0.4 is 9.47 Å². The maximum atomic E-state index is 12.7. The molecule has 6 nitrogen and oxygen atoms in total. The van der Waals surface area contributed by atoms with Gasteiger partial charge in [0, 0.05) is 5.56 Å². The van der Waals surface area contributed by atoms with E-state index in [1.807, 2.05) is 0 Å². The highest BCUT2D eigenvalue weighted by Crippen LogP contribution is 2.37. The molecule has 0 aromatic heterocycles. The van der Waals surface area contributed by atoms with Crippen molar-refractivity contribution in [3.63, 3.8) is 0 Å². The zero-order valence-corrected chi connectivity index (χ0v) is 15.9. The number of ether oxygens (including phenoxy) is 2. The molecule has 0 spiro atoms. The van der Waals surface area contributed by atoms with E-state index in [-0.39, 0.29) is 10.2 Å². The van der Waals surface area contributed by atoms with Crippen molar-refractivity contribution < 1.29 is 24.2 Å². The average molecular weight is 381 g/mol. The van der Waals surface area contributed by atoms with Crippen molar-refractivity contribution in [2.45, 2.75) is 19.9 Å². The number of carbonyl (C=O) groups is 2. The van der Waals surface area contributed by atoms with Gasteiger partial charge >= 0.3 is 5.97 Å². The second kappa shape index (κ2) is 7.88. The number of carbonyl (C=O) groups excluding carboxylic acids is 1. The number of amides is 1. The summed E-state index contributed by atoms with van der Waals surface area (Å²) in [5.74, 6) is -0.573. The Bertz CT molecular complexity index is 745. The molecule has 0 radical (unpaired) electrons. The lowest BCUT2D eigenvalue weighted by atomic mass is 10.0. The number of rotatable bonds is 6. The fourth-order valence-corrected chi connectivity index (χ4v) is 3.83. The molecule has 1 atom stereocenters. The molecule has 8 heteroatoms. The van der Waals surface area contributed by atoms with Crippen LogP contribution in [0.1, 0.15) is 19.4 Å². The summed E-state index contributed by atoms with van der Waals surface area (Å²) in [4.78, 5) is 25.8. The van der Waals surface area contributed by atoms with E-state index in [1.165, 1.54) is 12.0 Å². The number of benzene rings is 1. The molecule has 1 aromatic rings. The number of nitrogens with zero attached hydrogens (tertiary/aromatic N) is 1. The maximum Gasteiger partial charge on any atom is 0.327 e. The largest absolute Gasteiger partial charge is 0.497 e. The number of thioether (sulfide) groups is 1. The molecule has 1 amide bonds. The number of hydrogen-bond donors (Lipinski definition) is 1. The number of thiocarbonyl (C=S) groups is 1. The van der Waals surface area contributed by atoms with E-state index in [0.29, 0.717) is 22.0 Å². The van der Waals surface area contributed by atoms with Crippen molar-refractivity contribution in [3.05, 3.63) is 28.7 Å². The second-order valence-electron chi connectivity index (χ2n) is 5.69. The van der Waals surface area contributed by atoms with E-state index in [9.17, 15) is 14.7 Å². The minimum Gasteiger partial charge on any atom is -0.497 e. The van der Waals surface area contributed by atoms with Crippen molar-refractivity contribution in [1.29, 1.82) is 0 Å². The summed E-state index contributed by atoms with van der Waals surface area (Å²) in [6.45, 7) is 3.48. The number of carboxylic acids is 1. The van der Waals surface area contributed by atoms with E-state index >= 15 is 0 Å². The van der Waals surface area contributed by atoms with Crippen molar-refractivity contribution in [3.8, 4) is 11.5 Å². The Morgan fingerprint density at radius 3 is 2.52 bits per heavy atom. The SMILES string of the molecule is COc1ccc(OC)c(/C=C2/SC(=S)N([C@@H](C(=O)O)C(C)C)C2=O)c1. The number of carboxylic acid groups (broad SMARTS) is 1. The second-order valence-corrected chi connectivity index (χ2v) is 7.36. The van der Waals surface area contributed by atoms with Crippen LogP contribution >= 0.6 is 24.0 Å². The van der Waals surface area contributed by atoms with Crippen molar-refractivity contribution in [1.82, 2.24) is 4.90 Å². The first kappa shape index (κ1) is 19.3. The Morgan fingerprint density at radius 1 is 1.32 bits per heavy atom. The van der Waals surface area contributed by atoms with E-state index in [4.69, 9.17) is 21.7 Å². The van der Waals surface area contributed by atoms with Crippen LogP contribution in [0.25, 0.3) is 6.08 Å². The molecule has 1 N–H and O–H groups in total. The van der Waals surface area contributed by atoms with E-state index in [1.54, 1.807) is 45.2 Å². The van der Waals surface area contributed by atoms with Crippen LogP contribution in [0.5, 0.6) is 11.5 Å². The monoisotopic (exact) mass is 381 g/mol. The number of methoxy groups -OCH3 is 2. The molecule has 0 saturated carbocycles. The highest BCUT2D eigenvalue weighted by molar-refractivity contribution is 8.26. The lowest BCUT2D eigenvalue weighted by Gasteiger charge is -2.26. The standard InChI is InChI=1S/C17H19NO5S2/c1-9(2)14(16(20)21)18-15(19)13(25-17(18)24)8-10-7-11(22-3)5-6-12(10)23-4/h5-9,14H,1-4H3,(H,20,21)/b13-8+/t14-/m1/s1. The lowest BCUT2D eigenvalue weighted by molar-refractivity contribution is -0.146.